The minimum Gasteiger partial charge on any atom is -0.383 e. The highest BCUT2D eigenvalue weighted by Crippen LogP contribution is 2.16. The zero-order valence-electron chi connectivity index (χ0n) is 9.14. The zero-order valence-corrected chi connectivity index (χ0v) is 9.14. The predicted molar refractivity (Wildman–Crippen MR) is 61.0 cm³/mol. The lowest BCUT2D eigenvalue weighted by atomic mass is 10.1. The number of halogens is 1. The van der Waals surface area contributed by atoms with Crippen LogP contribution in [0, 0.1) is 12.7 Å². The van der Waals surface area contributed by atoms with Crippen molar-refractivity contribution in [3.8, 4) is 0 Å². The summed E-state index contributed by atoms with van der Waals surface area (Å²) in [4.78, 5) is 19.6. The topological polar surface area (TPSA) is 68.9 Å². The van der Waals surface area contributed by atoms with Gasteiger partial charge in [0.25, 0.3) is 0 Å². The smallest absolute Gasteiger partial charge is 0.218 e. The SMILES string of the molecule is Cc1cnc(N)c(C(=O)c2ncccc2F)c1. The number of ketones is 1. The average molecular weight is 231 g/mol. The van der Waals surface area contributed by atoms with E-state index in [0.717, 1.165) is 5.56 Å². The standard InChI is InChI=1S/C12H10FN3O/c1-7-5-8(12(14)16-6-7)11(17)10-9(13)3-2-4-15-10/h2-6H,1H3,(H2,14,16). The summed E-state index contributed by atoms with van der Waals surface area (Å²) in [5.74, 6) is -1.15. The fraction of sp³-hybridized carbons (Fsp3) is 0.0833. The highest BCUT2D eigenvalue weighted by molar-refractivity contribution is 6.10. The molecule has 0 radical (unpaired) electrons. The number of hydrogen-bond acceptors (Lipinski definition) is 4. The van der Waals surface area contributed by atoms with Crippen LogP contribution in [-0.2, 0) is 0 Å². The molecule has 86 valence electrons. The van der Waals surface area contributed by atoms with E-state index in [2.05, 4.69) is 9.97 Å². The summed E-state index contributed by atoms with van der Waals surface area (Å²) in [6, 6.07) is 4.17. The van der Waals surface area contributed by atoms with E-state index >= 15 is 0 Å². The number of rotatable bonds is 2. The van der Waals surface area contributed by atoms with Gasteiger partial charge >= 0.3 is 0 Å². The summed E-state index contributed by atoms with van der Waals surface area (Å²) in [5.41, 5.74) is 6.30. The molecule has 2 aromatic heterocycles. The van der Waals surface area contributed by atoms with Crippen molar-refractivity contribution in [2.24, 2.45) is 0 Å². The van der Waals surface area contributed by atoms with Crippen LogP contribution in [0.15, 0.2) is 30.6 Å². The highest BCUT2D eigenvalue weighted by Gasteiger charge is 2.18. The lowest BCUT2D eigenvalue weighted by molar-refractivity contribution is 0.103. The Labute approximate surface area is 97.3 Å². The summed E-state index contributed by atoms with van der Waals surface area (Å²) >= 11 is 0. The second-order valence-electron chi connectivity index (χ2n) is 3.61. The maximum Gasteiger partial charge on any atom is 0.218 e. The number of aromatic nitrogens is 2. The van der Waals surface area contributed by atoms with E-state index in [1.165, 1.54) is 18.3 Å². The van der Waals surface area contributed by atoms with Crippen molar-refractivity contribution in [3.63, 3.8) is 0 Å². The first kappa shape index (κ1) is 11.2. The van der Waals surface area contributed by atoms with Gasteiger partial charge in [-0.05, 0) is 30.7 Å². The summed E-state index contributed by atoms with van der Waals surface area (Å²) < 4.78 is 13.4. The fourth-order valence-corrected chi connectivity index (χ4v) is 1.44. The molecule has 17 heavy (non-hydrogen) atoms. The van der Waals surface area contributed by atoms with E-state index in [0.29, 0.717) is 0 Å². The Balaban J connectivity index is 2.51. The van der Waals surface area contributed by atoms with E-state index in [1.54, 1.807) is 19.2 Å². The Kier molecular flexibility index (Phi) is 2.82. The van der Waals surface area contributed by atoms with Crippen molar-refractivity contribution in [1.82, 2.24) is 9.97 Å². The number of nitrogens with two attached hydrogens (primary N) is 1. The van der Waals surface area contributed by atoms with Gasteiger partial charge in [-0.3, -0.25) is 4.79 Å². The first-order valence-corrected chi connectivity index (χ1v) is 4.97. The molecule has 0 spiro atoms. The molecule has 5 heteroatoms. The van der Waals surface area contributed by atoms with E-state index < -0.39 is 11.6 Å². The van der Waals surface area contributed by atoms with E-state index in [1.807, 2.05) is 0 Å². The zero-order chi connectivity index (χ0) is 12.4. The second kappa shape index (κ2) is 4.29. The molecule has 0 unspecified atom stereocenters. The molecule has 0 saturated heterocycles. The molecule has 0 bridgehead atoms. The lowest BCUT2D eigenvalue weighted by Gasteiger charge is -2.05. The Morgan fingerprint density at radius 3 is 2.88 bits per heavy atom. The van der Waals surface area contributed by atoms with Crippen molar-refractivity contribution in [3.05, 3.63) is 53.2 Å². The van der Waals surface area contributed by atoms with Crippen molar-refractivity contribution in [2.75, 3.05) is 5.73 Å². The first-order chi connectivity index (χ1) is 8.09. The van der Waals surface area contributed by atoms with Crippen LogP contribution in [0.25, 0.3) is 0 Å². The molecular formula is C12H10FN3O. The molecule has 0 saturated carbocycles. The molecule has 2 rings (SSSR count). The fourth-order valence-electron chi connectivity index (χ4n) is 1.44. The number of aryl methyl sites for hydroxylation is 1. The molecule has 0 atom stereocenters. The molecule has 0 amide bonds. The molecule has 2 N–H and O–H groups in total. The summed E-state index contributed by atoms with van der Waals surface area (Å²) in [6.07, 6.45) is 2.90. The molecular weight excluding hydrogens is 221 g/mol. The Morgan fingerprint density at radius 2 is 2.18 bits per heavy atom. The number of anilines is 1. The van der Waals surface area contributed by atoms with Gasteiger partial charge in [0.15, 0.2) is 5.82 Å². The monoisotopic (exact) mass is 231 g/mol. The number of carbonyl (C=O) groups excluding carboxylic acids is 1. The summed E-state index contributed by atoms with van der Waals surface area (Å²) in [6.45, 7) is 1.78. The van der Waals surface area contributed by atoms with Crippen LogP contribution in [-0.4, -0.2) is 15.8 Å². The number of nitrogens with zero attached hydrogens (tertiary/aromatic N) is 2. The van der Waals surface area contributed by atoms with Crippen molar-refractivity contribution >= 4 is 11.6 Å². The number of pyridine rings is 2. The van der Waals surface area contributed by atoms with E-state index in [9.17, 15) is 9.18 Å². The maximum absolute atomic E-state index is 13.4. The number of carbonyl (C=O) groups is 1. The summed E-state index contributed by atoms with van der Waals surface area (Å²) in [5, 5.41) is 0. The molecule has 2 heterocycles. The van der Waals surface area contributed by atoms with Crippen LogP contribution in [0.2, 0.25) is 0 Å². The van der Waals surface area contributed by atoms with Gasteiger partial charge in [-0.1, -0.05) is 0 Å². The number of nitrogen functional groups attached to an aromatic ring is 1. The van der Waals surface area contributed by atoms with Gasteiger partial charge in [0.2, 0.25) is 5.78 Å². The normalized spacial score (nSPS) is 10.2. The second-order valence-corrected chi connectivity index (χ2v) is 3.61. The Morgan fingerprint density at radius 1 is 1.41 bits per heavy atom. The van der Waals surface area contributed by atoms with Crippen molar-refractivity contribution < 1.29 is 9.18 Å². The van der Waals surface area contributed by atoms with Gasteiger partial charge in [0, 0.05) is 12.4 Å². The molecule has 0 fully saturated rings. The third kappa shape index (κ3) is 2.13. The van der Waals surface area contributed by atoms with Gasteiger partial charge < -0.3 is 5.73 Å². The van der Waals surface area contributed by atoms with Crippen molar-refractivity contribution in [2.45, 2.75) is 6.92 Å². The van der Waals surface area contributed by atoms with Gasteiger partial charge in [-0.15, -0.1) is 0 Å². The lowest BCUT2D eigenvalue weighted by Crippen LogP contribution is -2.11. The minimum atomic E-state index is -0.668. The Bertz CT molecular complexity index is 584. The minimum absolute atomic E-state index is 0.0747. The molecule has 4 nitrogen and oxygen atoms in total. The van der Waals surface area contributed by atoms with E-state index in [-0.39, 0.29) is 17.1 Å². The van der Waals surface area contributed by atoms with E-state index in [4.69, 9.17) is 5.73 Å². The van der Waals surface area contributed by atoms with Crippen molar-refractivity contribution in [1.29, 1.82) is 0 Å². The van der Waals surface area contributed by atoms with Gasteiger partial charge in [-0.2, -0.15) is 0 Å². The molecule has 0 aromatic carbocycles. The van der Waals surface area contributed by atoms with Gasteiger partial charge in [0.1, 0.15) is 11.5 Å². The first-order valence-electron chi connectivity index (χ1n) is 4.97. The Hall–Kier alpha value is -2.30. The van der Waals surface area contributed by atoms with Gasteiger partial charge in [0.05, 0.1) is 5.56 Å². The molecule has 0 aliphatic rings. The third-order valence-corrected chi connectivity index (χ3v) is 2.27. The van der Waals surface area contributed by atoms with Crippen LogP contribution in [0.5, 0.6) is 0 Å². The number of hydrogen-bond donors (Lipinski definition) is 1. The molecule has 2 aromatic rings. The van der Waals surface area contributed by atoms with Crippen LogP contribution in [0.1, 0.15) is 21.6 Å². The van der Waals surface area contributed by atoms with Gasteiger partial charge in [-0.25, -0.2) is 14.4 Å². The maximum atomic E-state index is 13.4. The highest BCUT2D eigenvalue weighted by atomic mass is 19.1. The van der Waals surface area contributed by atoms with Crippen LogP contribution in [0.4, 0.5) is 10.2 Å². The van der Waals surface area contributed by atoms with Crippen LogP contribution < -0.4 is 5.73 Å². The quantitative estimate of drug-likeness (QED) is 0.799. The average Bonchev–Trinajstić information content (AvgIpc) is 2.32. The molecule has 0 aliphatic heterocycles. The summed E-state index contributed by atoms with van der Waals surface area (Å²) in [7, 11) is 0. The van der Waals surface area contributed by atoms with Crippen LogP contribution >= 0.6 is 0 Å². The third-order valence-electron chi connectivity index (χ3n) is 2.27. The van der Waals surface area contributed by atoms with Crippen LogP contribution in [0.3, 0.4) is 0 Å². The molecule has 0 aliphatic carbocycles. The largest absolute Gasteiger partial charge is 0.383 e. The predicted octanol–water partition coefficient (Wildman–Crippen LogP) is 1.74.